The Balaban J connectivity index is 2.69. The van der Waals surface area contributed by atoms with E-state index in [1.807, 2.05) is 20.2 Å². The molecule has 1 rings (SSSR count). The van der Waals surface area contributed by atoms with Gasteiger partial charge in [0.05, 0.1) is 0 Å². The maximum absolute atomic E-state index is 12.2. The SMILES string of the molecule is CN(C)CCCc1cc(Br)ccc1OC(F)F. The van der Waals surface area contributed by atoms with Crippen LogP contribution in [0.25, 0.3) is 0 Å². The summed E-state index contributed by atoms with van der Waals surface area (Å²) in [6.07, 6.45) is 1.63. The average molecular weight is 308 g/mol. The van der Waals surface area contributed by atoms with E-state index < -0.39 is 6.61 Å². The summed E-state index contributed by atoms with van der Waals surface area (Å²) >= 11 is 3.33. The van der Waals surface area contributed by atoms with Crippen LogP contribution in [0.15, 0.2) is 22.7 Å². The van der Waals surface area contributed by atoms with Gasteiger partial charge in [-0.1, -0.05) is 15.9 Å². The first-order valence-corrected chi connectivity index (χ1v) is 6.16. The van der Waals surface area contributed by atoms with Crippen molar-refractivity contribution in [2.24, 2.45) is 0 Å². The lowest BCUT2D eigenvalue weighted by Crippen LogP contribution is -2.14. The van der Waals surface area contributed by atoms with Crippen molar-refractivity contribution in [1.82, 2.24) is 4.90 Å². The fraction of sp³-hybridized carbons (Fsp3) is 0.500. The molecule has 0 spiro atoms. The van der Waals surface area contributed by atoms with Crippen LogP contribution in [0, 0.1) is 0 Å². The zero-order valence-electron chi connectivity index (χ0n) is 9.92. The summed E-state index contributed by atoms with van der Waals surface area (Å²) < 4.78 is 29.8. The number of halogens is 3. The third-order valence-electron chi connectivity index (χ3n) is 2.29. The maximum atomic E-state index is 12.2. The highest BCUT2D eigenvalue weighted by Crippen LogP contribution is 2.25. The first-order chi connectivity index (χ1) is 7.99. The molecular formula is C12H16BrF2NO. The molecule has 0 amide bonds. The van der Waals surface area contributed by atoms with Gasteiger partial charge in [0, 0.05) is 4.47 Å². The topological polar surface area (TPSA) is 12.5 Å². The molecule has 0 aromatic heterocycles. The lowest BCUT2D eigenvalue weighted by molar-refractivity contribution is -0.0504. The smallest absolute Gasteiger partial charge is 0.387 e. The van der Waals surface area contributed by atoms with Gasteiger partial charge in [0.2, 0.25) is 0 Å². The summed E-state index contributed by atoms with van der Waals surface area (Å²) in [5, 5.41) is 0. The molecule has 0 N–H and O–H groups in total. The first-order valence-electron chi connectivity index (χ1n) is 5.37. The molecule has 2 nitrogen and oxygen atoms in total. The molecule has 0 aliphatic heterocycles. The van der Waals surface area contributed by atoms with Crippen molar-refractivity contribution in [2.45, 2.75) is 19.5 Å². The van der Waals surface area contributed by atoms with E-state index in [9.17, 15) is 8.78 Å². The lowest BCUT2D eigenvalue weighted by Gasteiger charge is -2.13. The Morgan fingerprint density at radius 3 is 2.65 bits per heavy atom. The van der Waals surface area contributed by atoms with Crippen LogP contribution in [0.2, 0.25) is 0 Å². The highest BCUT2D eigenvalue weighted by molar-refractivity contribution is 9.10. The van der Waals surface area contributed by atoms with Gasteiger partial charge in [0.15, 0.2) is 0 Å². The number of ether oxygens (including phenoxy) is 1. The third kappa shape index (κ3) is 5.46. The van der Waals surface area contributed by atoms with Crippen LogP contribution < -0.4 is 4.74 Å². The number of hydrogen-bond acceptors (Lipinski definition) is 2. The summed E-state index contributed by atoms with van der Waals surface area (Å²) in [5.41, 5.74) is 0.807. The molecule has 0 saturated heterocycles. The highest BCUT2D eigenvalue weighted by atomic mass is 79.9. The molecule has 0 radical (unpaired) electrons. The number of aryl methyl sites for hydroxylation is 1. The van der Waals surface area contributed by atoms with Crippen molar-refractivity contribution in [3.05, 3.63) is 28.2 Å². The van der Waals surface area contributed by atoms with E-state index in [0.29, 0.717) is 0 Å². The standard InChI is InChI=1S/C12H16BrF2NO/c1-16(2)7-3-4-9-8-10(13)5-6-11(9)17-12(14)15/h5-6,8,12H,3-4,7H2,1-2H3. The van der Waals surface area contributed by atoms with Gasteiger partial charge in [-0.25, -0.2) is 0 Å². The summed E-state index contributed by atoms with van der Waals surface area (Å²) in [7, 11) is 3.97. The molecule has 0 bridgehead atoms. The fourth-order valence-electron chi connectivity index (χ4n) is 1.54. The van der Waals surface area contributed by atoms with E-state index in [2.05, 4.69) is 25.6 Å². The first kappa shape index (κ1) is 14.4. The predicted molar refractivity (Wildman–Crippen MR) is 67.6 cm³/mol. The van der Waals surface area contributed by atoms with Gasteiger partial charge in [-0.15, -0.1) is 0 Å². The minimum absolute atomic E-state index is 0.266. The van der Waals surface area contributed by atoms with E-state index in [1.165, 1.54) is 0 Å². The average Bonchev–Trinajstić information content (AvgIpc) is 2.21. The molecule has 17 heavy (non-hydrogen) atoms. The molecule has 0 saturated carbocycles. The summed E-state index contributed by atoms with van der Waals surface area (Å²) in [6, 6.07) is 5.10. The van der Waals surface area contributed by atoms with Crippen molar-refractivity contribution >= 4 is 15.9 Å². The van der Waals surface area contributed by atoms with Crippen LogP contribution in [0.5, 0.6) is 5.75 Å². The van der Waals surface area contributed by atoms with Crippen LogP contribution in [0.4, 0.5) is 8.78 Å². The summed E-state index contributed by atoms with van der Waals surface area (Å²) in [6.45, 7) is -1.86. The normalized spacial score (nSPS) is 11.2. The molecule has 0 atom stereocenters. The van der Waals surface area contributed by atoms with E-state index in [4.69, 9.17) is 0 Å². The number of benzene rings is 1. The lowest BCUT2D eigenvalue weighted by atomic mass is 10.1. The largest absolute Gasteiger partial charge is 0.435 e. The molecule has 0 aliphatic carbocycles. The van der Waals surface area contributed by atoms with Crippen LogP contribution in [-0.4, -0.2) is 32.2 Å². The number of rotatable bonds is 6. The summed E-state index contributed by atoms with van der Waals surface area (Å²) in [5.74, 6) is 0.266. The molecule has 0 heterocycles. The minimum Gasteiger partial charge on any atom is -0.435 e. The van der Waals surface area contributed by atoms with Gasteiger partial charge < -0.3 is 9.64 Å². The Hall–Kier alpha value is -0.680. The maximum Gasteiger partial charge on any atom is 0.387 e. The number of nitrogens with zero attached hydrogens (tertiary/aromatic N) is 1. The van der Waals surface area contributed by atoms with Gasteiger partial charge in [-0.2, -0.15) is 8.78 Å². The Kier molecular flexibility index (Phi) is 5.85. The molecule has 1 aromatic rings. The molecule has 5 heteroatoms. The van der Waals surface area contributed by atoms with Crippen molar-refractivity contribution in [2.75, 3.05) is 20.6 Å². The molecule has 0 fully saturated rings. The van der Waals surface area contributed by atoms with Crippen LogP contribution in [-0.2, 0) is 6.42 Å². The quantitative estimate of drug-likeness (QED) is 0.797. The second-order valence-electron chi connectivity index (χ2n) is 4.04. The Morgan fingerprint density at radius 2 is 2.06 bits per heavy atom. The van der Waals surface area contributed by atoms with E-state index >= 15 is 0 Å². The van der Waals surface area contributed by atoms with E-state index in [1.54, 1.807) is 12.1 Å². The van der Waals surface area contributed by atoms with Crippen molar-refractivity contribution in [3.8, 4) is 5.75 Å². The van der Waals surface area contributed by atoms with Gasteiger partial charge in [-0.05, 0) is 57.2 Å². The zero-order valence-corrected chi connectivity index (χ0v) is 11.5. The van der Waals surface area contributed by atoms with Crippen LogP contribution in [0.3, 0.4) is 0 Å². The third-order valence-corrected chi connectivity index (χ3v) is 2.78. The molecular weight excluding hydrogens is 292 g/mol. The predicted octanol–water partition coefficient (Wildman–Crippen LogP) is 3.54. The van der Waals surface area contributed by atoms with E-state index in [-0.39, 0.29) is 5.75 Å². The van der Waals surface area contributed by atoms with Gasteiger partial charge in [-0.3, -0.25) is 0 Å². The Labute approximate surface area is 109 Å². The second-order valence-corrected chi connectivity index (χ2v) is 4.95. The van der Waals surface area contributed by atoms with Crippen LogP contribution in [0.1, 0.15) is 12.0 Å². The monoisotopic (exact) mass is 307 g/mol. The zero-order chi connectivity index (χ0) is 12.8. The van der Waals surface area contributed by atoms with E-state index in [0.717, 1.165) is 29.4 Å². The second kappa shape index (κ2) is 6.91. The molecule has 96 valence electrons. The number of alkyl halides is 2. The van der Waals surface area contributed by atoms with Gasteiger partial charge in [0.25, 0.3) is 0 Å². The fourth-order valence-corrected chi connectivity index (χ4v) is 1.95. The highest BCUT2D eigenvalue weighted by Gasteiger charge is 2.10. The molecule has 0 unspecified atom stereocenters. The van der Waals surface area contributed by atoms with Crippen molar-refractivity contribution in [3.63, 3.8) is 0 Å². The van der Waals surface area contributed by atoms with Crippen molar-refractivity contribution < 1.29 is 13.5 Å². The Morgan fingerprint density at radius 1 is 1.35 bits per heavy atom. The molecule has 1 aromatic carbocycles. The number of hydrogen-bond donors (Lipinski definition) is 0. The summed E-state index contributed by atoms with van der Waals surface area (Å²) in [4.78, 5) is 2.06. The Bertz CT molecular complexity index is 358. The van der Waals surface area contributed by atoms with Crippen LogP contribution >= 0.6 is 15.9 Å². The molecule has 0 aliphatic rings. The van der Waals surface area contributed by atoms with Gasteiger partial charge >= 0.3 is 6.61 Å². The minimum atomic E-state index is -2.77. The van der Waals surface area contributed by atoms with Gasteiger partial charge in [0.1, 0.15) is 5.75 Å². The van der Waals surface area contributed by atoms with Crippen molar-refractivity contribution in [1.29, 1.82) is 0 Å².